The summed E-state index contributed by atoms with van der Waals surface area (Å²) >= 11 is 0.811. The van der Waals surface area contributed by atoms with Crippen LogP contribution in [0.4, 0.5) is 10.5 Å². The minimum absolute atomic E-state index is 0.0259. The zero-order valence-corrected chi connectivity index (χ0v) is 14.6. The molecular formula is C18H14N2O6S. The summed E-state index contributed by atoms with van der Waals surface area (Å²) in [4.78, 5) is 47.7. The molecule has 1 fully saturated rings. The molecule has 1 heterocycles. The number of thioether (sulfide) groups is 1. The smallest absolute Gasteiger partial charge is 0.335 e. The van der Waals surface area contributed by atoms with E-state index >= 15 is 0 Å². The predicted molar refractivity (Wildman–Crippen MR) is 97.8 cm³/mol. The number of amides is 2. The number of carboxylic acid groups (broad SMARTS) is 2. The van der Waals surface area contributed by atoms with Crippen LogP contribution in [0.15, 0.2) is 48.5 Å². The summed E-state index contributed by atoms with van der Waals surface area (Å²) in [5, 5.41) is 19.5. The minimum Gasteiger partial charge on any atom is -0.478 e. The highest BCUT2D eigenvalue weighted by molar-refractivity contribution is 8.15. The topological polar surface area (TPSA) is 124 Å². The van der Waals surface area contributed by atoms with Crippen LogP contribution in [-0.4, -0.2) is 43.6 Å². The molecule has 3 N–H and O–H groups in total. The Morgan fingerprint density at radius 2 is 1.67 bits per heavy atom. The van der Waals surface area contributed by atoms with Gasteiger partial charge in [0, 0.05) is 5.69 Å². The van der Waals surface area contributed by atoms with Crippen LogP contribution in [0.25, 0.3) is 0 Å². The molecule has 0 unspecified atom stereocenters. The van der Waals surface area contributed by atoms with Gasteiger partial charge in [0.1, 0.15) is 0 Å². The number of aromatic carboxylic acids is 2. The van der Waals surface area contributed by atoms with Crippen molar-refractivity contribution in [2.75, 3.05) is 5.32 Å². The lowest BCUT2D eigenvalue weighted by atomic mass is 10.1. The van der Waals surface area contributed by atoms with E-state index in [1.165, 1.54) is 36.4 Å². The molecule has 0 saturated carbocycles. The SMILES string of the molecule is O=C(O)c1ccc(N[C@H]2SC(=O)N(Cc3cccc(C(=O)O)c3)C2=O)cc1. The first-order valence-corrected chi connectivity index (χ1v) is 8.67. The third-order valence-corrected chi connectivity index (χ3v) is 4.85. The Labute approximate surface area is 157 Å². The molecule has 0 radical (unpaired) electrons. The molecule has 0 spiro atoms. The van der Waals surface area contributed by atoms with Crippen molar-refractivity contribution in [2.45, 2.75) is 11.9 Å². The number of imide groups is 1. The van der Waals surface area contributed by atoms with Gasteiger partial charge in [-0.25, -0.2) is 9.59 Å². The number of carbonyl (C=O) groups excluding carboxylic acids is 2. The molecule has 1 aliphatic heterocycles. The lowest BCUT2D eigenvalue weighted by molar-refractivity contribution is -0.126. The second-order valence-corrected chi connectivity index (χ2v) is 6.78. The summed E-state index contributed by atoms with van der Waals surface area (Å²) in [6.45, 7) is -0.0259. The molecule has 1 saturated heterocycles. The number of hydrogen-bond donors (Lipinski definition) is 3. The van der Waals surface area contributed by atoms with Crippen molar-refractivity contribution in [3.8, 4) is 0 Å². The Morgan fingerprint density at radius 1 is 1.00 bits per heavy atom. The largest absolute Gasteiger partial charge is 0.478 e. The van der Waals surface area contributed by atoms with Gasteiger partial charge in [-0.05, 0) is 53.7 Å². The highest BCUT2D eigenvalue weighted by atomic mass is 32.2. The van der Waals surface area contributed by atoms with Crippen LogP contribution in [0, 0.1) is 0 Å². The van der Waals surface area contributed by atoms with Gasteiger partial charge in [0.05, 0.1) is 17.7 Å². The third-order valence-electron chi connectivity index (χ3n) is 3.87. The first-order valence-electron chi connectivity index (χ1n) is 7.79. The van der Waals surface area contributed by atoms with E-state index in [9.17, 15) is 19.2 Å². The Balaban J connectivity index is 1.70. The minimum atomic E-state index is -1.09. The number of anilines is 1. The van der Waals surface area contributed by atoms with E-state index in [2.05, 4.69) is 5.32 Å². The molecule has 9 heteroatoms. The highest BCUT2D eigenvalue weighted by Crippen LogP contribution is 2.29. The maximum absolute atomic E-state index is 12.5. The van der Waals surface area contributed by atoms with E-state index in [4.69, 9.17) is 10.2 Å². The van der Waals surface area contributed by atoms with Crippen LogP contribution in [0.2, 0.25) is 0 Å². The maximum Gasteiger partial charge on any atom is 0.335 e. The van der Waals surface area contributed by atoms with Crippen LogP contribution in [0.3, 0.4) is 0 Å². The Morgan fingerprint density at radius 3 is 2.30 bits per heavy atom. The zero-order valence-electron chi connectivity index (χ0n) is 13.8. The van der Waals surface area contributed by atoms with Crippen LogP contribution in [0.5, 0.6) is 0 Å². The lowest BCUT2D eigenvalue weighted by Gasteiger charge is -2.15. The summed E-state index contributed by atoms with van der Waals surface area (Å²) in [6.07, 6.45) is 0. The summed E-state index contributed by atoms with van der Waals surface area (Å²) in [6, 6.07) is 11.9. The Kier molecular flexibility index (Phi) is 5.13. The first kappa shape index (κ1) is 18.5. The summed E-state index contributed by atoms with van der Waals surface area (Å²) in [5.41, 5.74) is 1.23. The number of carbonyl (C=O) groups is 4. The maximum atomic E-state index is 12.5. The van der Waals surface area contributed by atoms with E-state index in [1.807, 2.05) is 0 Å². The van der Waals surface area contributed by atoms with Gasteiger partial charge in [0.2, 0.25) is 0 Å². The van der Waals surface area contributed by atoms with Gasteiger partial charge in [-0.2, -0.15) is 0 Å². The number of rotatable bonds is 6. The molecule has 3 rings (SSSR count). The molecule has 2 aromatic carbocycles. The van der Waals surface area contributed by atoms with E-state index in [-0.39, 0.29) is 17.7 Å². The lowest BCUT2D eigenvalue weighted by Crippen LogP contribution is -2.34. The summed E-state index contributed by atoms with van der Waals surface area (Å²) in [7, 11) is 0. The van der Waals surface area contributed by atoms with Crippen LogP contribution in [0.1, 0.15) is 26.3 Å². The van der Waals surface area contributed by atoms with Gasteiger partial charge in [-0.3, -0.25) is 14.5 Å². The van der Waals surface area contributed by atoms with Crippen molar-refractivity contribution in [1.82, 2.24) is 4.90 Å². The van der Waals surface area contributed by atoms with E-state index in [0.29, 0.717) is 11.3 Å². The first-order chi connectivity index (χ1) is 12.8. The molecule has 2 amide bonds. The van der Waals surface area contributed by atoms with Crippen LogP contribution < -0.4 is 5.32 Å². The molecule has 1 atom stereocenters. The molecular weight excluding hydrogens is 372 g/mol. The molecule has 1 aliphatic rings. The Bertz CT molecular complexity index is 928. The quantitative estimate of drug-likeness (QED) is 0.692. The number of carboxylic acids is 2. The molecule has 27 heavy (non-hydrogen) atoms. The van der Waals surface area contributed by atoms with E-state index < -0.39 is 28.5 Å². The molecule has 138 valence electrons. The van der Waals surface area contributed by atoms with Crippen molar-refractivity contribution in [3.63, 3.8) is 0 Å². The molecule has 0 aromatic heterocycles. The van der Waals surface area contributed by atoms with E-state index in [0.717, 1.165) is 16.7 Å². The van der Waals surface area contributed by atoms with Gasteiger partial charge < -0.3 is 15.5 Å². The Hall–Kier alpha value is -3.33. The van der Waals surface area contributed by atoms with Gasteiger partial charge in [-0.15, -0.1) is 0 Å². The van der Waals surface area contributed by atoms with Gasteiger partial charge in [0.25, 0.3) is 11.1 Å². The summed E-state index contributed by atoms with van der Waals surface area (Å²) in [5.74, 6) is -2.60. The average molecular weight is 386 g/mol. The highest BCUT2D eigenvalue weighted by Gasteiger charge is 2.39. The van der Waals surface area contributed by atoms with E-state index in [1.54, 1.807) is 12.1 Å². The number of hydrogen-bond acceptors (Lipinski definition) is 6. The number of nitrogens with zero attached hydrogens (tertiary/aromatic N) is 1. The standard InChI is InChI=1S/C18H14N2O6S/c21-15-14(19-13-6-4-11(5-7-13)16(22)23)27-18(26)20(15)9-10-2-1-3-12(8-10)17(24)25/h1-8,14,19H,9H2,(H,22,23)(H,24,25)/t14-/m0/s1. The third kappa shape index (κ3) is 4.09. The number of nitrogens with one attached hydrogen (secondary N) is 1. The van der Waals surface area contributed by atoms with Gasteiger partial charge in [0.15, 0.2) is 5.37 Å². The number of benzene rings is 2. The van der Waals surface area contributed by atoms with Crippen molar-refractivity contribution >= 4 is 40.5 Å². The molecule has 0 aliphatic carbocycles. The molecule has 8 nitrogen and oxygen atoms in total. The fraction of sp³-hybridized carbons (Fsp3) is 0.111. The average Bonchev–Trinajstić information content (AvgIpc) is 2.90. The monoisotopic (exact) mass is 386 g/mol. The second kappa shape index (κ2) is 7.50. The van der Waals surface area contributed by atoms with Crippen molar-refractivity contribution in [3.05, 3.63) is 65.2 Å². The predicted octanol–water partition coefficient (Wildman–Crippen LogP) is 2.72. The van der Waals surface area contributed by atoms with Crippen LogP contribution >= 0.6 is 11.8 Å². The van der Waals surface area contributed by atoms with Gasteiger partial charge >= 0.3 is 11.9 Å². The molecule has 0 bridgehead atoms. The van der Waals surface area contributed by atoms with Gasteiger partial charge in [-0.1, -0.05) is 12.1 Å². The summed E-state index contributed by atoms with van der Waals surface area (Å²) < 4.78 is 0. The fourth-order valence-corrected chi connectivity index (χ4v) is 3.43. The van der Waals surface area contributed by atoms with Crippen molar-refractivity contribution in [2.24, 2.45) is 0 Å². The molecule has 2 aromatic rings. The zero-order chi connectivity index (χ0) is 19.6. The second-order valence-electron chi connectivity index (χ2n) is 5.72. The van der Waals surface area contributed by atoms with Crippen LogP contribution in [-0.2, 0) is 11.3 Å². The fourth-order valence-electron chi connectivity index (χ4n) is 2.53. The normalized spacial score (nSPS) is 16.4. The van der Waals surface area contributed by atoms with Crippen molar-refractivity contribution < 1.29 is 29.4 Å². The van der Waals surface area contributed by atoms with Crippen molar-refractivity contribution in [1.29, 1.82) is 0 Å².